The summed E-state index contributed by atoms with van der Waals surface area (Å²) in [5, 5.41) is 6.39. The van der Waals surface area contributed by atoms with Crippen LogP contribution < -0.4 is 5.32 Å². The molecule has 0 fully saturated rings. The van der Waals surface area contributed by atoms with Gasteiger partial charge in [0.05, 0.1) is 5.01 Å². The Morgan fingerprint density at radius 2 is 2.10 bits per heavy atom. The van der Waals surface area contributed by atoms with E-state index in [-0.39, 0.29) is 5.91 Å². The summed E-state index contributed by atoms with van der Waals surface area (Å²) >= 11 is 1.65. The molecule has 1 N–H and O–H groups in total. The van der Waals surface area contributed by atoms with Gasteiger partial charge >= 0.3 is 0 Å². The zero-order valence-electron chi connectivity index (χ0n) is 12.4. The molecule has 0 saturated carbocycles. The molecule has 0 atom stereocenters. The molecule has 0 radical (unpaired) electrons. The van der Waals surface area contributed by atoms with E-state index < -0.39 is 0 Å². The summed E-state index contributed by atoms with van der Waals surface area (Å²) in [4.78, 5) is 22.4. The number of carbonyl (C=O) groups is 1. The van der Waals surface area contributed by atoms with Gasteiger partial charge in [0.1, 0.15) is 5.69 Å². The molecule has 0 aliphatic rings. The van der Waals surface area contributed by atoms with Gasteiger partial charge in [0.2, 0.25) is 0 Å². The third-order valence-corrected chi connectivity index (χ3v) is 4.02. The summed E-state index contributed by atoms with van der Waals surface area (Å²) in [5.74, 6) is -0.0245. The molecule has 112 valence electrons. The van der Waals surface area contributed by atoms with Crippen molar-refractivity contribution in [2.24, 2.45) is 0 Å². The fourth-order valence-corrected chi connectivity index (χ4v) is 2.64. The van der Waals surface area contributed by atoms with Crippen LogP contribution in [0.2, 0.25) is 0 Å². The molecule has 0 unspecified atom stereocenters. The predicted molar refractivity (Wildman–Crippen MR) is 85.8 cm³/mol. The highest BCUT2D eigenvalue weighted by Gasteiger charge is 2.13. The van der Waals surface area contributed by atoms with E-state index in [1.165, 1.54) is 0 Å². The first-order chi connectivity index (χ1) is 10.2. The largest absolute Gasteiger partial charge is 0.385 e. The maximum atomic E-state index is 12.2. The van der Waals surface area contributed by atoms with Gasteiger partial charge in [-0.2, -0.15) is 0 Å². The fourth-order valence-electron chi connectivity index (χ4n) is 2.02. The highest BCUT2D eigenvalue weighted by molar-refractivity contribution is 7.09. The van der Waals surface area contributed by atoms with Crippen molar-refractivity contribution >= 4 is 22.9 Å². The molecule has 5 nitrogen and oxygen atoms in total. The summed E-state index contributed by atoms with van der Waals surface area (Å²) in [6.07, 6.45) is 4.36. The van der Waals surface area contributed by atoms with E-state index in [1.54, 1.807) is 22.4 Å². The monoisotopic (exact) mass is 304 g/mol. The molecule has 1 amide bonds. The van der Waals surface area contributed by atoms with Crippen molar-refractivity contribution in [3.63, 3.8) is 0 Å². The second kappa shape index (κ2) is 7.73. The summed E-state index contributed by atoms with van der Waals surface area (Å²) in [5.41, 5.74) is 1.40. The highest BCUT2D eigenvalue weighted by atomic mass is 32.1. The van der Waals surface area contributed by atoms with Crippen molar-refractivity contribution in [1.82, 2.24) is 14.9 Å². The van der Waals surface area contributed by atoms with Crippen LogP contribution in [0.5, 0.6) is 0 Å². The molecule has 6 heteroatoms. The van der Waals surface area contributed by atoms with Crippen molar-refractivity contribution in [1.29, 1.82) is 0 Å². The first-order valence-electron chi connectivity index (χ1n) is 7.12. The Kier molecular flexibility index (Phi) is 5.68. The Morgan fingerprint density at radius 1 is 1.29 bits per heavy atom. The Bertz CT molecular complexity index is 567. The molecular weight excluding hydrogens is 284 g/mol. The van der Waals surface area contributed by atoms with Crippen LogP contribution in [0.3, 0.4) is 0 Å². The number of aromatic nitrogens is 2. The van der Waals surface area contributed by atoms with Crippen molar-refractivity contribution in [3.05, 3.63) is 40.6 Å². The third kappa shape index (κ3) is 4.26. The molecule has 0 aromatic carbocycles. The molecule has 2 rings (SSSR count). The number of hydrogen-bond donors (Lipinski definition) is 1. The quantitative estimate of drug-likeness (QED) is 0.854. The van der Waals surface area contributed by atoms with Gasteiger partial charge in [-0.1, -0.05) is 0 Å². The lowest BCUT2D eigenvalue weighted by Gasteiger charge is -2.18. The van der Waals surface area contributed by atoms with E-state index in [0.717, 1.165) is 23.7 Å². The molecule has 2 aromatic heterocycles. The van der Waals surface area contributed by atoms with Gasteiger partial charge < -0.3 is 10.2 Å². The van der Waals surface area contributed by atoms with Crippen molar-refractivity contribution in [2.75, 3.05) is 25.0 Å². The second-order valence-electron chi connectivity index (χ2n) is 4.51. The normalized spacial score (nSPS) is 10.4. The summed E-state index contributed by atoms with van der Waals surface area (Å²) in [7, 11) is 0. The molecular formula is C15H20N4OS. The zero-order valence-corrected chi connectivity index (χ0v) is 13.2. The van der Waals surface area contributed by atoms with Crippen LogP contribution in [0.15, 0.2) is 29.9 Å². The summed E-state index contributed by atoms with van der Waals surface area (Å²) < 4.78 is 0. The number of rotatable bonds is 7. The van der Waals surface area contributed by atoms with E-state index >= 15 is 0 Å². The molecule has 2 heterocycles. The van der Waals surface area contributed by atoms with Crippen molar-refractivity contribution in [2.45, 2.75) is 20.3 Å². The molecule has 0 aliphatic heterocycles. The number of pyridine rings is 1. The lowest BCUT2D eigenvalue weighted by Crippen LogP contribution is -2.31. The average molecular weight is 304 g/mol. The molecule has 0 saturated heterocycles. The van der Waals surface area contributed by atoms with Crippen LogP contribution in [0.4, 0.5) is 5.69 Å². The predicted octanol–water partition coefficient (Wildman–Crippen LogP) is 2.67. The van der Waals surface area contributed by atoms with Crippen LogP contribution in [-0.2, 0) is 6.42 Å². The minimum absolute atomic E-state index is 0.0245. The maximum absolute atomic E-state index is 12.2. The minimum Gasteiger partial charge on any atom is -0.385 e. The van der Waals surface area contributed by atoms with E-state index in [4.69, 9.17) is 0 Å². The van der Waals surface area contributed by atoms with Gasteiger partial charge in [-0.05, 0) is 26.0 Å². The first kappa shape index (κ1) is 15.4. The number of carbonyl (C=O) groups excluding carboxylic acids is 1. The SMILES string of the molecule is CCN(CC)C(=O)c1cc(NCCc2nccs2)ccn1. The number of anilines is 1. The Balaban J connectivity index is 1.95. The van der Waals surface area contributed by atoms with Crippen LogP contribution in [0.1, 0.15) is 29.3 Å². The summed E-state index contributed by atoms with van der Waals surface area (Å²) in [6.45, 7) is 6.11. The van der Waals surface area contributed by atoms with Crippen molar-refractivity contribution < 1.29 is 4.79 Å². The zero-order chi connectivity index (χ0) is 15.1. The average Bonchev–Trinajstić information content (AvgIpc) is 3.02. The number of nitrogens with zero attached hydrogens (tertiary/aromatic N) is 3. The lowest BCUT2D eigenvalue weighted by molar-refractivity contribution is 0.0767. The van der Waals surface area contributed by atoms with Crippen LogP contribution >= 0.6 is 11.3 Å². The van der Waals surface area contributed by atoms with E-state index in [1.807, 2.05) is 37.6 Å². The number of thiazole rings is 1. The van der Waals surface area contributed by atoms with Gasteiger partial charge in [0, 0.05) is 49.5 Å². The fraction of sp³-hybridized carbons (Fsp3) is 0.400. The standard InChI is InChI=1S/C15H20N4OS/c1-3-19(4-2)15(20)13-11-12(5-7-17-13)16-8-6-14-18-9-10-21-14/h5,7,9-11H,3-4,6,8H2,1-2H3,(H,16,17). The smallest absolute Gasteiger partial charge is 0.272 e. The van der Waals surface area contributed by atoms with E-state index in [0.29, 0.717) is 18.8 Å². The molecule has 0 aliphatic carbocycles. The van der Waals surface area contributed by atoms with Gasteiger partial charge in [-0.15, -0.1) is 11.3 Å². The molecule has 21 heavy (non-hydrogen) atoms. The Morgan fingerprint density at radius 3 is 2.76 bits per heavy atom. The topological polar surface area (TPSA) is 58.1 Å². The maximum Gasteiger partial charge on any atom is 0.272 e. The van der Waals surface area contributed by atoms with Gasteiger partial charge in [-0.25, -0.2) is 4.98 Å². The summed E-state index contributed by atoms with van der Waals surface area (Å²) in [6, 6.07) is 3.68. The van der Waals surface area contributed by atoms with Gasteiger partial charge in [0.15, 0.2) is 0 Å². The van der Waals surface area contributed by atoms with E-state index in [2.05, 4.69) is 15.3 Å². The molecule has 2 aromatic rings. The number of hydrogen-bond acceptors (Lipinski definition) is 5. The lowest BCUT2D eigenvalue weighted by atomic mass is 10.2. The number of amides is 1. The highest BCUT2D eigenvalue weighted by Crippen LogP contribution is 2.11. The van der Waals surface area contributed by atoms with E-state index in [9.17, 15) is 4.79 Å². The van der Waals surface area contributed by atoms with Gasteiger partial charge in [0.25, 0.3) is 5.91 Å². The first-order valence-corrected chi connectivity index (χ1v) is 8.00. The Labute approximate surface area is 129 Å². The van der Waals surface area contributed by atoms with Crippen LogP contribution in [0.25, 0.3) is 0 Å². The second-order valence-corrected chi connectivity index (χ2v) is 5.49. The van der Waals surface area contributed by atoms with Crippen LogP contribution in [0, 0.1) is 0 Å². The molecule has 0 bridgehead atoms. The van der Waals surface area contributed by atoms with Gasteiger partial charge in [-0.3, -0.25) is 9.78 Å². The van der Waals surface area contributed by atoms with Crippen LogP contribution in [-0.4, -0.2) is 40.4 Å². The molecule has 0 spiro atoms. The van der Waals surface area contributed by atoms with Crippen molar-refractivity contribution in [3.8, 4) is 0 Å². The third-order valence-electron chi connectivity index (χ3n) is 3.18. The number of nitrogens with one attached hydrogen (secondary N) is 1. The minimum atomic E-state index is -0.0245. The Hall–Kier alpha value is -1.95.